The van der Waals surface area contributed by atoms with Crippen molar-refractivity contribution in [1.29, 1.82) is 0 Å². The van der Waals surface area contributed by atoms with Crippen molar-refractivity contribution in [3.63, 3.8) is 0 Å². The minimum absolute atomic E-state index is 0.0820. The van der Waals surface area contributed by atoms with Gasteiger partial charge < -0.3 is 22.5 Å². The van der Waals surface area contributed by atoms with Gasteiger partial charge >= 0.3 is 0 Å². The van der Waals surface area contributed by atoms with Crippen molar-refractivity contribution in [1.82, 2.24) is 10.2 Å². The number of nitrogen functional groups attached to an aromatic ring is 2. The molecule has 2 amide bonds. The molecule has 0 unspecified atom stereocenters. The molecule has 1 fully saturated rings. The third-order valence-corrected chi connectivity index (χ3v) is 3.62. The Morgan fingerprint density at radius 2 is 1.90 bits per heavy atom. The molecule has 0 atom stereocenters. The van der Waals surface area contributed by atoms with Gasteiger partial charge in [0.15, 0.2) is 0 Å². The van der Waals surface area contributed by atoms with E-state index in [0.29, 0.717) is 16.9 Å². The van der Waals surface area contributed by atoms with Crippen molar-refractivity contribution >= 4 is 23.2 Å². The van der Waals surface area contributed by atoms with Gasteiger partial charge in [0.1, 0.15) is 0 Å². The predicted octanol–water partition coefficient (Wildman–Crippen LogP) is -0.469. The Labute approximate surface area is 123 Å². The summed E-state index contributed by atoms with van der Waals surface area (Å²) in [5.41, 5.74) is 17.9. The summed E-state index contributed by atoms with van der Waals surface area (Å²) in [6.45, 7) is 1.75. The van der Waals surface area contributed by atoms with Crippen molar-refractivity contribution in [2.45, 2.75) is 18.9 Å². The van der Waals surface area contributed by atoms with Crippen molar-refractivity contribution in [3.8, 4) is 0 Å². The van der Waals surface area contributed by atoms with Gasteiger partial charge in [0.25, 0.3) is 5.91 Å². The third kappa shape index (κ3) is 4.09. The number of nitrogens with one attached hydrogen (secondary N) is 1. The molecule has 0 saturated carbocycles. The van der Waals surface area contributed by atoms with Gasteiger partial charge in [0.05, 0.1) is 12.1 Å². The molecule has 0 bridgehead atoms. The highest BCUT2D eigenvalue weighted by atomic mass is 16.2. The Kier molecular flexibility index (Phi) is 4.64. The van der Waals surface area contributed by atoms with Crippen LogP contribution in [-0.2, 0) is 4.79 Å². The maximum absolute atomic E-state index is 12.2. The van der Waals surface area contributed by atoms with Crippen LogP contribution in [-0.4, -0.2) is 42.4 Å². The number of carbonyl (C=O) groups is 2. The van der Waals surface area contributed by atoms with Crippen LogP contribution in [0.15, 0.2) is 18.2 Å². The van der Waals surface area contributed by atoms with E-state index in [9.17, 15) is 9.59 Å². The molecule has 0 radical (unpaired) electrons. The maximum Gasteiger partial charge on any atom is 0.253 e. The van der Waals surface area contributed by atoms with Crippen LogP contribution in [0, 0.1) is 0 Å². The highest BCUT2D eigenvalue weighted by Gasteiger charge is 2.22. The minimum atomic E-state index is -0.327. The van der Waals surface area contributed by atoms with Crippen LogP contribution >= 0.6 is 0 Å². The number of piperidine rings is 1. The van der Waals surface area contributed by atoms with E-state index < -0.39 is 0 Å². The summed E-state index contributed by atoms with van der Waals surface area (Å²) in [5.74, 6) is -0.520. The van der Waals surface area contributed by atoms with E-state index in [-0.39, 0.29) is 24.4 Å². The van der Waals surface area contributed by atoms with Crippen molar-refractivity contribution < 1.29 is 9.59 Å². The van der Waals surface area contributed by atoms with Crippen LogP contribution in [0.4, 0.5) is 11.4 Å². The third-order valence-electron chi connectivity index (χ3n) is 3.62. The monoisotopic (exact) mass is 291 g/mol. The summed E-state index contributed by atoms with van der Waals surface area (Å²) in [6, 6.07) is 4.94. The lowest BCUT2D eigenvalue weighted by atomic mass is 10.0. The van der Waals surface area contributed by atoms with E-state index in [2.05, 4.69) is 5.32 Å². The van der Waals surface area contributed by atoms with Gasteiger partial charge in [0, 0.05) is 30.5 Å². The molecule has 7 nitrogen and oxygen atoms in total. The summed E-state index contributed by atoms with van der Waals surface area (Å²) in [5, 5.41) is 2.97. The quantitative estimate of drug-likeness (QED) is 0.558. The van der Waals surface area contributed by atoms with Crippen LogP contribution in [0.1, 0.15) is 23.2 Å². The molecule has 1 heterocycles. The lowest BCUT2D eigenvalue weighted by Gasteiger charge is -2.31. The number of benzene rings is 1. The number of hydrogen-bond donors (Lipinski definition) is 4. The highest BCUT2D eigenvalue weighted by Crippen LogP contribution is 2.17. The molecule has 0 aromatic heterocycles. The van der Waals surface area contributed by atoms with E-state index in [4.69, 9.17) is 17.2 Å². The molecule has 1 aromatic carbocycles. The van der Waals surface area contributed by atoms with Crippen LogP contribution < -0.4 is 22.5 Å². The Morgan fingerprint density at radius 3 is 2.48 bits per heavy atom. The first-order valence-corrected chi connectivity index (χ1v) is 6.92. The lowest BCUT2D eigenvalue weighted by Crippen LogP contribution is -2.46. The van der Waals surface area contributed by atoms with Gasteiger partial charge in [-0.15, -0.1) is 0 Å². The Hall–Kier alpha value is -2.28. The second kappa shape index (κ2) is 6.45. The molecule has 1 aliphatic rings. The zero-order valence-corrected chi connectivity index (χ0v) is 11.8. The number of carbonyl (C=O) groups excluding carboxylic acids is 2. The number of hydrogen-bond acceptors (Lipinski definition) is 5. The summed E-state index contributed by atoms with van der Waals surface area (Å²) in [6.07, 6.45) is 1.57. The zero-order valence-electron chi connectivity index (χ0n) is 11.8. The highest BCUT2D eigenvalue weighted by molar-refractivity contribution is 5.99. The fraction of sp³-hybridized carbons (Fsp3) is 0.429. The first-order chi connectivity index (χ1) is 9.95. The second-order valence-corrected chi connectivity index (χ2v) is 5.34. The summed E-state index contributed by atoms with van der Waals surface area (Å²) >= 11 is 0. The smallest absolute Gasteiger partial charge is 0.253 e. The molecule has 21 heavy (non-hydrogen) atoms. The largest absolute Gasteiger partial charge is 0.399 e. The Bertz CT molecular complexity index is 538. The second-order valence-electron chi connectivity index (χ2n) is 5.34. The van der Waals surface area contributed by atoms with Crippen molar-refractivity contribution in [2.24, 2.45) is 5.73 Å². The molecule has 114 valence electrons. The Morgan fingerprint density at radius 1 is 1.24 bits per heavy atom. The average molecular weight is 291 g/mol. The van der Waals surface area contributed by atoms with Crippen molar-refractivity contribution in [3.05, 3.63) is 23.8 Å². The number of likely N-dealkylation sites (tertiary alicyclic amines) is 1. The minimum Gasteiger partial charge on any atom is -0.399 e. The number of amides is 2. The number of anilines is 2. The van der Waals surface area contributed by atoms with Gasteiger partial charge in [-0.1, -0.05) is 0 Å². The average Bonchev–Trinajstić information content (AvgIpc) is 2.40. The molecule has 0 spiro atoms. The van der Waals surface area contributed by atoms with Crippen LogP contribution in [0.3, 0.4) is 0 Å². The number of primary amides is 1. The van der Waals surface area contributed by atoms with Crippen LogP contribution in [0.25, 0.3) is 0 Å². The molecule has 1 aromatic rings. The van der Waals surface area contributed by atoms with Crippen LogP contribution in [0.2, 0.25) is 0 Å². The first kappa shape index (κ1) is 15.1. The normalized spacial score (nSPS) is 16.6. The van der Waals surface area contributed by atoms with Gasteiger partial charge in [-0.2, -0.15) is 0 Å². The molecule has 7 N–H and O–H groups in total. The van der Waals surface area contributed by atoms with E-state index in [1.54, 1.807) is 18.2 Å². The number of rotatable bonds is 4. The van der Waals surface area contributed by atoms with Crippen LogP contribution in [0.5, 0.6) is 0 Å². The zero-order chi connectivity index (χ0) is 15.4. The summed E-state index contributed by atoms with van der Waals surface area (Å²) in [4.78, 5) is 25.0. The van der Waals surface area contributed by atoms with Crippen molar-refractivity contribution in [2.75, 3.05) is 31.1 Å². The first-order valence-electron chi connectivity index (χ1n) is 6.92. The number of nitrogens with zero attached hydrogens (tertiary/aromatic N) is 1. The predicted molar refractivity (Wildman–Crippen MR) is 81.4 cm³/mol. The van der Waals surface area contributed by atoms with E-state index in [1.165, 1.54) is 0 Å². The van der Waals surface area contributed by atoms with E-state index in [1.807, 2.05) is 4.90 Å². The SMILES string of the molecule is NC(=O)CN1CCC(NC(=O)c2ccc(N)cc2N)CC1. The molecular weight excluding hydrogens is 270 g/mol. The molecular formula is C14H21N5O2. The fourth-order valence-corrected chi connectivity index (χ4v) is 2.51. The molecule has 2 rings (SSSR count). The van der Waals surface area contributed by atoms with Gasteiger partial charge in [0.2, 0.25) is 5.91 Å². The fourth-order valence-electron chi connectivity index (χ4n) is 2.51. The maximum atomic E-state index is 12.2. The van der Waals surface area contributed by atoms with Gasteiger partial charge in [-0.25, -0.2) is 0 Å². The molecule has 1 aliphatic heterocycles. The standard InChI is InChI=1S/C14H21N5O2/c15-9-1-2-11(12(16)7-9)14(21)18-10-3-5-19(6-4-10)8-13(17)20/h1-2,7,10H,3-6,8,15-16H2,(H2,17,20)(H,18,21). The van der Waals surface area contributed by atoms with E-state index >= 15 is 0 Å². The molecule has 7 heteroatoms. The Balaban J connectivity index is 1.88. The summed E-state index contributed by atoms with van der Waals surface area (Å²) < 4.78 is 0. The van der Waals surface area contributed by atoms with E-state index in [0.717, 1.165) is 25.9 Å². The molecule has 0 aliphatic carbocycles. The van der Waals surface area contributed by atoms with Gasteiger partial charge in [-0.05, 0) is 31.0 Å². The summed E-state index contributed by atoms with van der Waals surface area (Å²) in [7, 11) is 0. The van der Waals surface area contributed by atoms with Gasteiger partial charge in [-0.3, -0.25) is 14.5 Å². The molecule has 1 saturated heterocycles. The number of nitrogens with two attached hydrogens (primary N) is 3. The lowest BCUT2D eigenvalue weighted by molar-refractivity contribution is -0.119. The topological polar surface area (TPSA) is 127 Å².